The summed E-state index contributed by atoms with van der Waals surface area (Å²) in [6.07, 6.45) is 2.48. The van der Waals surface area contributed by atoms with Gasteiger partial charge in [0.2, 0.25) is 0 Å². The van der Waals surface area contributed by atoms with Crippen molar-refractivity contribution in [3.05, 3.63) is 45.5 Å². The highest BCUT2D eigenvalue weighted by Gasteiger charge is 2.35. The van der Waals surface area contributed by atoms with Crippen LogP contribution in [0.15, 0.2) is 12.1 Å². The Morgan fingerprint density at radius 1 is 1.13 bits per heavy atom. The molecule has 1 aliphatic heterocycles. The molecule has 2 aromatic carbocycles. The van der Waals surface area contributed by atoms with Gasteiger partial charge in [0.15, 0.2) is 23.0 Å². The Labute approximate surface area is 177 Å². The highest BCUT2D eigenvalue weighted by Crippen LogP contribution is 2.50. The van der Waals surface area contributed by atoms with E-state index < -0.39 is 23.3 Å². The van der Waals surface area contributed by atoms with Crippen molar-refractivity contribution in [1.29, 1.82) is 0 Å². The van der Waals surface area contributed by atoms with Crippen LogP contribution < -0.4 is 9.47 Å². The maximum Gasteiger partial charge on any atom is 0.347 e. The first-order valence-corrected chi connectivity index (χ1v) is 9.14. The van der Waals surface area contributed by atoms with Gasteiger partial charge in [-0.2, -0.15) is 0 Å². The lowest BCUT2D eigenvalue weighted by Gasteiger charge is -2.18. The number of carboxylic acid groups (broad SMARTS) is 1. The molecule has 2 aromatic rings. The quantitative estimate of drug-likeness (QED) is 0.371. The van der Waals surface area contributed by atoms with Crippen LogP contribution >= 0.6 is 0 Å². The number of hydrogen-bond acceptors (Lipinski definition) is 8. The molecule has 162 valence electrons. The number of benzene rings is 2. The van der Waals surface area contributed by atoms with E-state index in [9.17, 15) is 29.7 Å². The molecule has 0 amide bonds. The first-order valence-electron chi connectivity index (χ1n) is 9.14. The molecule has 9 nitrogen and oxygen atoms in total. The van der Waals surface area contributed by atoms with E-state index in [2.05, 4.69) is 0 Å². The average molecular weight is 428 g/mol. The molecular formula is C22H20O9. The Kier molecular flexibility index (Phi) is 5.72. The van der Waals surface area contributed by atoms with Crippen LogP contribution in [0.3, 0.4) is 0 Å². The second-order valence-corrected chi connectivity index (χ2v) is 6.99. The first-order chi connectivity index (χ1) is 14.6. The molecule has 3 N–H and O–H groups in total. The van der Waals surface area contributed by atoms with Gasteiger partial charge >= 0.3 is 11.9 Å². The van der Waals surface area contributed by atoms with E-state index >= 15 is 0 Å². The Hall–Kier alpha value is -3.85. The van der Waals surface area contributed by atoms with Crippen LogP contribution in [0.25, 0.3) is 6.08 Å². The molecule has 0 bridgehead atoms. The first kappa shape index (κ1) is 21.8. The third-order valence-electron chi connectivity index (χ3n) is 4.80. The molecule has 0 fully saturated rings. The molecule has 1 aliphatic rings. The minimum Gasteiger partial charge on any atom is -0.507 e. The Morgan fingerprint density at radius 3 is 2.39 bits per heavy atom. The van der Waals surface area contributed by atoms with Gasteiger partial charge in [-0.3, -0.25) is 4.79 Å². The van der Waals surface area contributed by atoms with Gasteiger partial charge in [-0.1, -0.05) is 0 Å². The number of rotatable bonds is 5. The SMILES string of the molecule is COCc1c(O)c(C(=O)O)c(C)c2c1OC(=O)c1c(C)cc(O)c(/C=C/C(C)=O)c1O2. The normalized spacial score (nSPS) is 12.6. The lowest BCUT2D eigenvalue weighted by Crippen LogP contribution is -2.12. The number of aromatic carboxylic acids is 1. The smallest absolute Gasteiger partial charge is 0.347 e. The van der Waals surface area contributed by atoms with Crippen molar-refractivity contribution in [1.82, 2.24) is 0 Å². The summed E-state index contributed by atoms with van der Waals surface area (Å²) in [4.78, 5) is 36.2. The van der Waals surface area contributed by atoms with Crippen molar-refractivity contribution in [3.8, 4) is 28.7 Å². The molecule has 3 rings (SSSR count). The van der Waals surface area contributed by atoms with Crippen LogP contribution in [0.2, 0.25) is 0 Å². The zero-order chi connectivity index (χ0) is 23.0. The summed E-state index contributed by atoms with van der Waals surface area (Å²) in [5, 5.41) is 30.6. The molecule has 0 saturated heterocycles. The number of methoxy groups -OCH3 is 1. The van der Waals surface area contributed by atoms with Crippen LogP contribution in [0.5, 0.6) is 28.7 Å². The van der Waals surface area contributed by atoms with Gasteiger partial charge in [-0.15, -0.1) is 0 Å². The Bertz CT molecular complexity index is 1160. The molecule has 9 heteroatoms. The zero-order valence-corrected chi connectivity index (χ0v) is 17.2. The standard InChI is InChI=1S/C22H20O9/c1-9-7-14(24)12(6-5-10(2)23)19-15(9)22(28)31-20-13(8-29-4)17(25)16(21(26)27)11(3)18(20)30-19/h5-7,24-25H,8H2,1-4H3,(H,26,27)/b6-5+. The topological polar surface area (TPSA) is 140 Å². The van der Waals surface area contributed by atoms with Crippen LogP contribution in [0.1, 0.15) is 49.9 Å². The van der Waals surface area contributed by atoms with Crippen molar-refractivity contribution < 1.29 is 43.9 Å². The number of ketones is 1. The zero-order valence-electron chi connectivity index (χ0n) is 17.2. The van der Waals surface area contributed by atoms with Crippen molar-refractivity contribution >= 4 is 23.8 Å². The van der Waals surface area contributed by atoms with Crippen molar-refractivity contribution in [2.45, 2.75) is 27.4 Å². The second kappa shape index (κ2) is 8.11. The lowest BCUT2D eigenvalue weighted by atomic mass is 10.00. The number of aromatic hydroxyl groups is 2. The van der Waals surface area contributed by atoms with Gasteiger partial charge in [-0.25, -0.2) is 9.59 Å². The van der Waals surface area contributed by atoms with Gasteiger partial charge in [0.05, 0.1) is 17.7 Å². The molecule has 0 unspecified atom stereocenters. The third-order valence-corrected chi connectivity index (χ3v) is 4.80. The van der Waals surface area contributed by atoms with E-state index in [1.165, 1.54) is 39.2 Å². The van der Waals surface area contributed by atoms with Crippen LogP contribution in [-0.4, -0.2) is 40.2 Å². The highest BCUT2D eigenvalue weighted by molar-refractivity contribution is 6.02. The number of ether oxygens (including phenoxy) is 3. The summed E-state index contributed by atoms with van der Waals surface area (Å²) in [5.74, 6) is -3.85. The summed E-state index contributed by atoms with van der Waals surface area (Å²) in [5.41, 5.74) is -0.163. The van der Waals surface area contributed by atoms with E-state index in [-0.39, 0.29) is 57.6 Å². The molecular weight excluding hydrogens is 408 g/mol. The number of hydrogen-bond donors (Lipinski definition) is 3. The van der Waals surface area contributed by atoms with Gasteiger partial charge < -0.3 is 29.5 Å². The second-order valence-electron chi connectivity index (χ2n) is 6.99. The van der Waals surface area contributed by atoms with Crippen molar-refractivity contribution in [2.24, 2.45) is 0 Å². The molecule has 0 aliphatic carbocycles. The molecule has 0 spiro atoms. The molecule has 0 aromatic heterocycles. The van der Waals surface area contributed by atoms with E-state index in [0.29, 0.717) is 5.56 Å². The fraction of sp³-hybridized carbons (Fsp3) is 0.227. The number of phenols is 2. The van der Waals surface area contributed by atoms with Crippen molar-refractivity contribution in [3.63, 3.8) is 0 Å². The predicted molar refractivity (Wildman–Crippen MR) is 108 cm³/mol. The maximum absolute atomic E-state index is 13.0. The number of allylic oxidation sites excluding steroid dienone is 1. The number of carbonyl (C=O) groups excluding carboxylic acids is 2. The summed E-state index contributed by atoms with van der Waals surface area (Å²) >= 11 is 0. The summed E-state index contributed by atoms with van der Waals surface area (Å²) < 4.78 is 16.5. The van der Waals surface area contributed by atoms with Crippen LogP contribution in [0, 0.1) is 13.8 Å². The minimum atomic E-state index is -1.42. The fourth-order valence-electron chi connectivity index (χ4n) is 3.38. The summed E-state index contributed by atoms with van der Waals surface area (Å²) in [6, 6.07) is 1.32. The molecule has 0 atom stereocenters. The lowest BCUT2D eigenvalue weighted by molar-refractivity contribution is -0.112. The maximum atomic E-state index is 13.0. The van der Waals surface area contributed by atoms with Crippen LogP contribution in [0.4, 0.5) is 0 Å². The number of fused-ring (bicyclic) bond motifs is 2. The fourth-order valence-corrected chi connectivity index (χ4v) is 3.38. The van der Waals surface area contributed by atoms with Crippen LogP contribution in [-0.2, 0) is 16.1 Å². The summed E-state index contributed by atoms with van der Waals surface area (Å²) in [6.45, 7) is 4.00. The average Bonchev–Trinajstić information content (AvgIpc) is 2.81. The molecule has 0 saturated carbocycles. The Morgan fingerprint density at radius 2 is 1.81 bits per heavy atom. The van der Waals surface area contributed by atoms with Gasteiger partial charge in [0.25, 0.3) is 0 Å². The number of carbonyl (C=O) groups is 3. The van der Waals surface area contributed by atoms with E-state index in [4.69, 9.17) is 14.2 Å². The molecule has 0 radical (unpaired) electrons. The minimum absolute atomic E-state index is 0.00277. The molecule has 31 heavy (non-hydrogen) atoms. The monoisotopic (exact) mass is 428 g/mol. The van der Waals surface area contributed by atoms with Gasteiger partial charge in [0.1, 0.15) is 22.6 Å². The number of phenolic OH excluding ortho intramolecular Hbond substituents is 1. The predicted octanol–water partition coefficient (Wildman–Crippen LogP) is 3.49. The third kappa shape index (κ3) is 3.71. The summed E-state index contributed by atoms with van der Waals surface area (Å²) in [7, 11) is 1.33. The highest BCUT2D eigenvalue weighted by atomic mass is 16.6. The number of carboxylic acids is 1. The van der Waals surface area contributed by atoms with E-state index in [1.807, 2.05) is 0 Å². The molecule has 1 heterocycles. The largest absolute Gasteiger partial charge is 0.507 e. The van der Waals surface area contributed by atoms with E-state index in [1.54, 1.807) is 6.92 Å². The number of esters is 1. The Balaban J connectivity index is 2.40. The van der Waals surface area contributed by atoms with Gasteiger partial charge in [0, 0.05) is 12.7 Å². The number of aryl methyl sites for hydroxylation is 1. The van der Waals surface area contributed by atoms with Crippen molar-refractivity contribution in [2.75, 3.05) is 7.11 Å². The van der Waals surface area contributed by atoms with Gasteiger partial charge in [-0.05, 0) is 44.6 Å². The van der Waals surface area contributed by atoms with E-state index in [0.717, 1.165) is 0 Å².